The summed E-state index contributed by atoms with van der Waals surface area (Å²) in [5.41, 5.74) is 2.53. The van der Waals surface area contributed by atoms with Gasteiger partial charge < -0.3 is 19.9 Å². The van der Waals surface area contributed by atoms with Crippen molar-refractivity contribution in [2.24, 2.45) is 5.41 Å². The zero-order valence-electron chi connectivity index (χ0n) is 20.3. The van der Waals surface area contributed by atoms with Gasteiger partial charge in [-0.05, 0) is 35.7 Å². The number of halogens is 3. The van der Waals surface area contributed by atoms with Crippen LogP contribution in [0.5, 0.6) is 5.75 Å². The SMILES string of the molecule is CC(C)(C)C(=O)NCC[C@H]1CNC(=O)c2cc(-c3cccc(OC(F)(F)F)c3)c(-c3ccccc3)n21. The maximum absolute atomic E-state index is 12.9. The Labute approximate surface area is 207 Å². The van der Waals surface area contributed by atoms with Gasteiger partial charge >= 0.3 is 6.36 Å². The van der Waals surface area contributed by atoms with Crippen LogP contribution >= 0.6 is 0 Å². The van der Waals surface area contributed by atoms with Crippen molar-refractivity contribution in [3.63, 3.8) is 0 Å². The molecule has 6 nitrogen and oxygen atoms in total. The van der Waals surface area contributed by atoms with Gasteiger partial charge in [0.15, 0.2) is 0 Å². The van der Waals surface area contributed by atoms with Gasteiger partial charge in [0.1, 0.15) is 11.4 Å². The van der Waals surface area contributed by atoms with Crippen molar-refractivity contribution in [1.82, 2.24) is 15.2 Å². The number of hydrogen-bond acceptors (Lipinski definition) is 3. The predicted molar refractivity (Wildman–Crippen MR) is 130 cm³/mol. The van der Waals surface area contributed by atoms with Crippen LogP contribution < -0.4 is 15.4 Å². The molecule has 2 aromatic carbocycles. The van der Waals surface area contributed by atoms with Crippen LogP contribution in [0.2, 0.25) is 0 Å². The topological polar surface area (TPSA) is 72.4 Å². The van der Waals surface area contributed by atoms with E-state index < -0.39 is 11.8 Å². The number of ether oxygens (including phenoxy) is 1. The molecule has 0 aliphatic carbocycles. The Bertz CT molecular complexity index is 1260. The number of hydrogen-bond donors (Lipinski definition) is 2. The molecule has 2 heterocycles. The van der Waals surface area contributed by atoms with Gasteiger partial charge in [-0.2, -0.15) is 0 Å². The smallest absolute Gasteiger partial charge is 0.406 e. The fourth-order valence-electron chi connectivity index (χ4n) is 4.29. The molecule has 0 bridgehead atoms. The number of aromatic nitrogens is 1. The molecule has 1 atom stereocenters. The van der Waals surface area contributed by atoms with E-state index in [1.54, 1.807) is 12.1 Å². The van der Waals surface area contributed by atoms with Gasteiger partial charge in [0, 0.05) is 24.1 Å². The Morgan fingerprint density at radius 1 is 1.06 bits per heavy atom. The minimum Gasteiger partial charge on any atom is -0.406 e. The first kappa shape index (κ1) is 25.3. The Morgan fingerprint density at radius 3 is 2.42 bits per heavy atom. The van der Waals surface area contributed by atoms with E-state index in [2.05, 4.69) is 15.4 Å². The molecule has 36 heavy (non-hydrogen) atoms. The van der Waals surface area contributed by atoms with Crippen LogP contribution in [-0.2, 0) is 4.79 Å². The van der Waals surface area contributed by atoms with Gasteiger partial charge in [-0.3, -0.25) is 9.59 Å². The second-order valence-corrected chi connectivity index (χ2v) is 9.76. The average molecular weight is 500 g/mol. The van der Waals surface area contributed by atoms with Crippen LogP contribution in [0.25, 0.3) is 22.4 Å². The average Bonchev–Trinajstić information content (AvgIpc) is 3.21. The number of carbonyl (C=O) groups is 2. The highest BCUT2D eigenvalue weighted by Gasteiger charge is 2.33. The number of nitrogens with zero attached hydrogens (tertiary/aromatic N) is 1. The normalized spacial score (nSPS) is 15.7. The lowest BCUT2D eigenvalue weighted by Crippen LogP contribution is -2.41. The lowest BCUT2D eigenvalue weighted by atomic mass is 9.95. The Balaban J connectivity index is 1.77. The van der Waals surface area contributed by atoms with Crippen molar-refractivity contribution in [1.29, 1.82) is 0 Å². The van der Waals surface area contributed by atoms with Gasteiger partial charge in [-0.15, -0.1) is 13.2 Å². The summed E-state index contributed by atoms with van der Waals surface area (Å²) in [5, 5.41) is 5.85. The first-order chi connectivity index (χ1) is 16.9. The summed E-state index contributed by atoms with van der Waals surface area (Å²) in [4.78, 5) is 25.2. The summed E-state index contributed by atoms with van der Waals surface area (Å²) >= 11 is 0. The molecule has 1 aliphatic rings. The zero-order chi connectivity index (χ0) is 26.1. The predicted octanol–water partition coefficient (Wildman–Crippen LogP) is 5.56. The van der Waals surface area contributed by atoms with Crippen molar-refractivity contribution in [2.75, 3.05) is 13.1 Å². The Morgan fingerprint density at radius 2 is 1.75 bits per heavy atom. The number of fused-ring (bicyclic) bond motifs is 1. The maximum atomic E-state index is 12.9. The summed E-state index contributed by atoms with van der Waals surface area (Å²) in [6.07, 6.45) is -4.26. The van der Waals surface area contributed by atoms with Crippen molar-refractivity contribution in [3.05, 3.63) is 66.4 Å². The lowest BCUT2D eigenvalue weighted by molar-refractivity contribution is -0.274. The van der Waals surface area contributed by atoms with Crippen molar-refractivity contribution in [3.8, 4) is 28.1 Å². The van der Waals surface area contributed by atoms with Crippen molar-refractivity contribution >= 4 is 11.8 Å². The van der Waals surface area contributed by atoms with E-state index in [-0.39, 0.29) is 23.6 Å². The first-order valence-corrected chi connectivity index (χ1v) is 11.7. The number of rotatable bonds is 6. The molecule has 190 valence electrons. The zero-order valence-corrected chi connectivity index (χ0v) is 20.3. The molecule has 2 N–H and O–H groups in total. The largest absolute Gasteiger partial charge is 0.573 e. The summed E-state index contributed by atoms with van der Waals surface area (Å²) in [6.45, 7) is 6.28. The van der Waals surface area contributed by atoms with Crippen LogP contribution in [-0.4, -0.2) is 35.8 Å². The molecule has 1 aliphatic heterocycles. The second kappa shape index (κ2) is 9.72. The van der Waals surface area contributed by atoms with E-state index in [4.69, 9.17) is 0 Å². The molecule has 0 spiro atoms. The third-order valence-electron chi connectivity index (χ3n) is 6.00. The fourth-order valence-corrected chi connectivity index (χ4v) is 4.29. The Hall–Kier alpha value is -3.75. The van der Waals surface area contributed by atoms with Gasteiger partial charge in [0.05, 0.1) is 11.7 Å². The third-order valence-corrected chi connectivity index (χ3v) is 6.00. The molecule has 0 fully saturated rings. The summed E-state index contributed by atoms with van der Waals surface area (Å²) < 4.78 is 44.6. The van der Waals surface area contributed by atoms with Crippen LogP contribution in [0.15, 0.2) is 60.7 Å². The van der Waals surface area contributed by atoms with Gasteiger partial charge in [0.25, 0.3) is 5.91 Å². The lowest BCUT2D eigenvalue weighted by Gasteiger charge is -2.29. The van der Waals surface area contributed by atoms with Crippen LogP contribution in [0.1, 0.15) is 43.7 Å². The van der Waals surface area contributed by atoms with Gasteiger partial charge in [-0.25, -0.2) is 0 Å². The van der Waals surface area contributed by atoms with E-state index in [0.717, 1.165) is 11.3 Å². The fraction of sp³-hybridized carbons (Fsp3) is 0.333. The number of benzene rings is 2. The number of nitrogens with one attached hydrogen (secondary N) is 2. The minimum absolute atomic E-state index is 0.0690. The van der Waals surface area contributed by atoms with E-state index in [1.165, 1.54) is 18.2 Å². The number of amides is 2. The monoisotopic (exact) mass is 499 g/mol. The first-order valence-electron chi connectivity index (χ1n) is 11.7. The molecule has 0 radical (unpaired) electrons. The summed E-state index contributed by atoms with van der Waals surface area (Å²) in [7, 11) is 0. The maximum Gasteiger partial charge on any atom is 0.573 e. The molecular formula is C27H28F3N3O3. The highest BCUT2D eigenvalue weighted by atomic mass is 19.4. The molecule has 3 aromatic rings. The van der Waals surface area contributed by atoms with Crippen molar-refractivity contribution < 1.29 is 27.5 Å². The molecule has 0 unspecified atom stereocenters. The number of alkyl halides is 3. The quantitative estimate of drug-likeness (QED) is 0.467. The molecule has 4 rings (SSSR count). The number of carbonyl (C=O) groups excluding carboxylic acids is 2. The molecule has 9 heteroatoms. The van der Waals surface area contributed by atoms with E-state index in [1.807, 2.05) is 55.7 Å². The van der Waals surface area contributed by atoms with Gasteiger partial charge in [0.2, 0.25) is 5.91 Å². The molecule has 2 amide bonds. The Kier molecular flexibility index (Phi) is 6.84. The highest BCUT2D eigenvalue weighted by molar-refractivity contribution is 5.98. The highest BCUT2D eigenvalue weighted by Crippen LogP contribution is 2.40. The van der Waals surface area contributed by atoms with Gasteiger partial charge in [-0.1, -0.05) is 63.2 Å². The minimum atomic E-state index is -4.82. The van der Waals surface area contributed by atoms with Crippen LogP contribution in [0, 0.1) is 5.41 Å². The van der Waals surface area contributed by atoms with E-state index in [0.29, 0.717) is 36.3 Å². The summed E-state index contributed by atoms with van der Waals surface area (Å²) in [5.74, 6) is -0.675. The molecular weight excluding hydrogens is 471 g/mol. The second-order valence-electron chi connectivity index (χ2n) is 9.76. The molecule has 1 aromatic heterocycles. The molecule has 0 saturated carbocycles. The van der Waals surface area contributed by atoms with E-state index >= 15 is 0 Å². The van der Waals surface area contributed by atoms with Crippen molar-refractivity contribution in [2.45, 2.75) is 39.6 Å². The van der Waals surface area contributed by atoms with Crippen LogP contribution in [0.3, 0.4) is 0 Å². The molecule has 0 saturated heterocycles. The third kappa shape index (κ3) is 5.56. The standard InChI is InChI=1S/C27H28F3N3O3/c1-26(2,3)25(35)31-13-12-19-16-32-24(34)22-15-21(23(33(19)22)17-8-5-4-6-9-17)18-10-7-11-20(14-18)36-27(28,29)30/h4-11,14-15,19H,12-13,16H2,1-3H3,(H,31,35)(H,32,34)/t19-/m0/s1. The van der Waals surface area contributed by atoms with Crippen LogP contribution in [0.4, 0.5) is 13.2 Å². The summed E-state index contributed by atoms with van der Waals surface area (Å²) in [6, 6.07) is 16.6. The van der Waals surface area contributed by atoms with E-state index in [9.17, 15) is 22.8 Å².